The number of methoxy groups -OCH3 is 1. The zero-order valence-corrected chi connectivity index (χ0v) is 14.2. The maximum absolute atomic E-state index is 11.9. The van der Waals surface area contributed by atoms with Gasteiger partial charge in [0.1, 0.15) is 0 Å². The Morgan fingerprint density at radius 2 is 2.00 bits per heavy atom. The predicted octanol–water partition coefficient (Wildman–Crippen LogP) is 1.24. The molecule has 0 aromatic carbocycles. The molecule has 124 valence electrons. The second-order valence-corrected chi connectivity index (χ2v) is 6.14. The second kappa shape index (κ2) is 10.1. The molecule has 21 heavy (non-hydrogen) atoms. The predicted molar refractivity (Wildman–Crippen MR) is 86.4 cm³/mol. The summed E-state index contributed by atoms with van der Waals surface area (Å²) in [6.45, 7) is 11.1. The average molecular weight is 299 g/mol. The molecule has 0 spiro atoms. The average Bonchev–Trinajstić information content (AvgIpc) is 2.48. The van der Waals surface area contributed by atoms with Crippen LogP contribution in [0.4, 0.5) is 0 Å². The van der Waals surface area contributed by atoms with E-state index in [1.807, 2.05) is 6.92 Å². The van der Waals surface area contributed by atoms with Gasteiger partial charge in [0.25, 0.3) is 0 Å². The summed E-state index contributed by atoms with van der Waals surface area (Å²) >= 11 is 0. The van der Waals surface area contributed by atoms with Crippen molar-refractivity contribution in [2.45, 2.75) is 52.1 Å². The minimum atomic E-state index is -0.148. The summed E-state index contributed by atoms with van der Waals surface area (Å²) in [6, 6.07) is 0.238. The van der Waals surface area contributed by atoms with E-state index in [2.05, 4.69) is 29.4 Å². The maximum Gasteiger partial charge on any atom is 0.236 e. The number of carbonyl (C=O) groups excluding carboxylic acids is 1. The molecule has 0 bridgehead atoms. The van der Waals surface area contributed by atoms with Crippen molar-refractivity contribution < 1.29 is 9.53 Å². The molecular formula is C16H33N3O2. The number of carbonyl (C=O) groups is 1. The van der Waals surface area contributed by atoms with Gasteiger partial charge < -0.3 is 20.3 Å². The fourth-order valence-electron chi connectivity index (χ4n) is 3.03. The van der Waals surface area contributed by atoms with Crippen molar-refractivity contribution in [3.05, 3.63) is 0 Å². The van der Waals surface area contributed by atoms with Crippen molar-refractivity contribution in [1.82, 2.24) is 15.5 Å². The van der Waals surface area contributed by atoms with Gasteiger partial charge in [-0.1, -0.05) is 6.92 Å². The van der Waals surface area contributed by atoms with Crippen LogP contribution in [-0.2, 0) is 9.53 Å². The van der Waals surface area contributed by atoms with Gasteiger partial charge in [-0.05, 0) is 58.7 Å². The number of piperidine rings is 1. The molecule has 0 saturated carbocycles. The van der Waals surface area contributed by atoms with Gasteiger partial charge in [0.05, 0.1) is 12.6 Å². The van der Waals surface area contributed by atoms with Gasteiger partial charge >= 0.3 is 0 Å². The third-order valence-electron chi connectivity index (χ3n) is 4.39. The van der Waals surface area contributed by atoms with Crippen LogP contribution in [0.2, 0.25) is 0 Å². The fourth-order valence-corrected chi connectivity index (χ4v) is 3.03. The zero-order chi connectivity index (χ0) is 15.7. The van der Waals surface area contributed by atoms with Crippen LogP contribution >= 0.6 is 0 Å². The van der Waals surface area contributed by atoms with Crippen LogP contribution in [0, 0.1) is 5.92 Å². The van der Waals surface area contributed by atoms with Crippen molar-refractivity contribution in [2.24, 2.45) is 5.92 Å². The lowest BCUT2D eigenvalue weighted by Gasteiger charge is -2.35. The van der Waals surface area contributed by atoms with E-state index in [9.17, 15) is 4.79 Å². The molecule has 2 unspecified atom stereocenters. The van der Waals surface area contributed by atoms with E-state index in [-0.39, 0.29) is 11.9 Å². The normalized spacial score (nSPS) is 20.2. The van der Waals surface area contributed by atoms with E-state index in [1.165, 1.54) is 38.9 Å². The molecule has 1 heterocycles. The van der Waals surface area contributed by atoms with Gasteiger partial charge in [-0.3, -0.25) is 4.79 Å². The number of amides is 1. The van der Waals surface area contributed by atoms with Crippen molar-refractivity contribution >= 4 is 5.91 Å². The van der Waals surface area contributed by atoms with E-state index in [0.717, 1.165) is 0 Å². The highest BCUT2D eigenvalue weighted by molar-refractivity contribution is 5.81. The Kier molecular flexibility index (Phi) is 8.88. The monoisotopic (exact) mass is 299 g/mol. The molecule has 2 atom stereocenters. The smallest absolute Gasteiger partial charge is 0.236 e. The standard InChI is InChI=1S/C16H33N3O2/c1-5-9-19-10-6-15(7-11-19)13(2)18-14(3)16(20)17-8-12-21-4/h13-15,18H,5-12H2,1-4H3,(H,17,20). The zero-order valence-electron chi connectivity index (χ0n) is 14.2. The van der Waals surface area contributed by atoms with Crippen LogP contribution in [0.3, 0.4) is 0 Å². The molecule has 2 N–H and O–H groups in total. The van der Waals surface area contributed by atoms with Gasteiger partial charge in [0.15, 0.2) is 0 Å². The van der Waals surface area contributed by atoms with E-state index in [4.69, 9.17) is 4.74 Å². The molecule has 1 amide bonds. The molecule has 0 aromatic rings. The first-order valence-electron chi connectivity index (χ1n) is 8.33. The summed E-state index contributed by atoms with van der Waals surface area (Å²) in [5, 5.41) is 6.33. The molecule has 1 saturated heterocycles. The maximum atomic E-state index is 11.9. The largest absolute Gasteiger partial charge is 0.383 e. The van der Waals surface area contributed by atoms with E-state index >= 15 is 0 Å². The Hall–Kier alpha value is -0.650. The Balaban J connectivity index is 2.26. The third-order valence-corrected chi connectivity index (χ3v) is 4.39. The number of nitrogens with one attached hydrogen (secondary N) is 2. The van der Waals surface area contributed by atoms with Crippen LogP contribution in [0.25, 0.3) is 0 Å². The first-order chi connectivity index (χ1) is 10.1. The lowest BCUT2D eigenvalue weighted by molar-refractivity contribution is -0.123. The molecule has 0 aromatic heterocycles. The van der Waals surface area contributed by atoms with Gasteiger partial charge in [-0.25, -0.2) is 0 Å². The third kappa shape index (κ3) is 6.76. The number of nitrogens with zero attached hydrogens (tertiary/aromatic N) is 1. The summed E-state index contributed by atoms with van der Waals surface area (Å²) in [7, 11) is 1.64. The van der Waals surface area contributed by atoms with Crippen molar-refractivity contribution in [1.29, 1.82) is 0 Å². The molecule has 1 rings (SSSR count). The van der Waals surface area contributed by atoms with E-state index in [1.54, 1.807) is 7.11 Å². The number of ether oxygens (including phenoxy) is 1. The SMILES string of the molecule is CCCN1CCC(C(C)NC(C)C(=O)NCCOC)CC1. The fraction of sp³-hybridized carbons (Fsp3) is 0.938. The van der Waals surface area contributed by atoms with Crippen molar-refractivity contribution in [2.75, 3.05) is 39.9 Å². The molecule has 5 nitrogen and oxygen atoms in total. The van der Waals surface area contributed by atoms with Gasteiger partial charge in [0, 0.05) is 19.7 Å². The van der Waals surface area contributed by atoms with Crippen molar-refractivity contribution in [3.63, 3.8) is 0 Å². The van der Waals surface area contributed by atoms with Crippen LogP contribution < -0.4 is 10.6 Å². The summed E-state index contributed by atoms with van der Waals surface area (Å²) in [5.41, 5.74) is 0. The summed E-state index contributed by atoms with van der Waals surface area (Å²) in [4.78, 5) is 14.5. The number of hydrogen-bond acceptors (Lipinski definition) is 4. The lowest BCUT2D eigenvalue weighted by Crippen LogP contribution is -2.50. The number of hydrogen-bond donors (Lipinski definition) is 2. The summed E-state index contributed by atoms with van der Waals surface area (Å²) < 4.78 is 4.94. The minimum absolute atomic E-state index is 0.0577. The Bertz CT molecular complexity index is 291. The molecule has 1 aliphatic rings. The molecular weight excluding hydrogens is 266 g/mol. The van der Waals surface area contributed by atoms with Crippen molar-refractivity contribution in [3.8, 4) is 0 Å². The molecule has 5 heteroatoms. The summed E-state index contributed by atoms with van der Waals surface area (Å²) in [5.74, 6) is 0.731. The van der Waals surface area contributed by atoms with Gasteiger partial charge in [-0.15, -0.1) is 0 Å². The minimum Gasteiger partial charge on any atom is -0.383 e. The molecule has 1 fully saturated rings. The van der Waals surface area contributed by atoms with Gasteiger partial charge in [-0.2, -0.15) is 0 Å². The Morgan fingerprint density at radius 3 is 2.57 bits per heavy atom. The number of rotatable bonds is 9. The summed E-state index contributed by atoms with van der Waals surface area (Å²) in [6.07, 6.45) is 3.69. The highest BCUT2D eigenvalue weighted by Crippen LogP contribution is 2.21. The Labute approximate surface area is 129 Å². The van der Waals surface area contributed by atoms with Crippen LogP contribution in [-0.4, -0.2) is 62.8 Å². The van der Waals surface area contributed by atoms with E-state index in [0.29, 0.717) is 25.1 Å². The quantitative estimate of drug-likeness (QED) is 0.629. The van der Waals surface area contributed by atoms with E-state index < -0.39 is 0 Å². The highest BCUT2D eigenvalue weighted by Gasteiger charge is 2.25. The topological polar surface area (TPSA) is 53.6 Å². The first kappa shape index (κ1) is 18.4. The number of likely N-dealkylation sites (tertiary alicyclic amines) is 1. The van der Waals surface area contributed by atoms with Gasteiger partial charge in [0.2, 0.25) is 5.91 Å². The lowest BCUT2D eigenvalue weighted by atomic mass is 9.90. The highest BCUT2D eigenvalue weighted by atomic mass is 16.5. The van der Waals surface area contributed by atoms with Crippen LogP contribution in [0.5, 0.6) is 0 Å². The molecule has 0 radical (unpaired) electrons. The first-order valence-corrected chi connectivity index (χ1v) is 8.33. The van der Waals surface area contributed by atoms with Crippen LogP contribution in [0.1, 0.15) is 40.0 Å². The van der Waals surface area contributed by atoms with Crippen LogP contribution in [0.15, 0.2) is 0 Å². The Morgan fingerprint density at radius 1 is 1.33 bits per heavy atom. The second-order valence-electron chi connectivity index (χ2n) is 6.14. The molecule has 1 aliphatic heterocycles. The molecule has 0 aliphatic carbocycles.